The number of hydrogen-bond donors (Lipinski definition) is 2. The van der Waals surface area contributed by atoms with Crippen LogP contribution in [0.1, 0.15) is 26.2 Å². The van der Waals surface area contributed by atoms with Gasteiger partial charge in [-0.3, -0.25) is 9.80 Å². The average Bonchev–Trinajstić information content (AvgIpc) is 2.84. The Morgan fingerprint density at radius 3 is 2.45 bits per heavy atom. The Bertz CT molecular complexity index is 270. The summed E-state index contributed by atoms with van der Waals surface area (Å²) < 4.78 is 5.86. The van der Waals surface area contributed by atoms with Crippen molar-refractivity contribution >= 4 is 0 Å². The van der Waals surface area contributed by atoms with E-state index in [2.05, 4.69) is 16.7 Å². The summed E-state index contributed by atoms with van der Waals surface area (Å²) in [6, 6.07) is 0. The molecule has 20 heavy (non-hydrogen) atoms. The Hall–Kier alpha value is -0.200. The van der Waals surface area contributed by atoms with Gasteiger partial charge in [0.1, 0.15) is 0 Å². The van der Waals surface area contributed by atoms with Crippen LogP contribution in [0, 0.1) is 5.92 Å². The standard InChI is InChI=1S/C15H30N2O3/c1-13-3-2-4-15(13)20-12-14(19)11-17-7-5-16(6-8-17)9-10-18/h13-15,18-19H,2-12H2,1H3/t13-,14+,15-/m1/s1. The number of β-amino-alcohol motifs (C(OH)–C–C–N with tert-alkyl or cyclic N) is 2. The van der Waals surface area contributed by atoms with Gasteiger partial charge in [-0.2, -0.15) is 0 Å². The van der Waals surface area contributed by atoms with Crippen LogP contribution in [0.2, 0.25) is 0 Å². The molecule has 2 fully saturated rings. The third kappa shape index (κ3) is 4.97. The minimum absolute atomic E-state index is 0.232. The fourth-order valence-corrected chi connectivity index (χ4v) is 3.28. The van der Waals surface area contributed by atoms with E-state index in [1.54, 1.807) is 0 Å². The maximum atomic E-state index is 10.1. The van der Waals surface area contributed by atoms with Crippen molar-refractivity contribution in [2.45, 2.75) is 38.4 Å². The quantitative estimate of drug-likeness (QED) is 0.698. The molecule has 0 aromatic rings. The summed E-state index contributed by atoms with van der Waals surface area (Å²) >= 11 is 0. The Balaban J connectivity index is 1.59. The van der Waals surface area contributed by atoms with Gasteiger partial charge in [-0.25, -0.2) is 0 Å². The fourth-order valence-electron chi connectivity index (χ4n) is 3.28. The van der Waals surface area contributed by atoms with Crippen LogP contribution in [0.4, 0.5) is 0 Å². The lowest BCUT2D eigenvalue weighted by molar-refractivity contribution is -0.0358. The molecule has 1 saturated carbocycles. The SMILES string of the molecule is C[C@@H]1CCC[C@H]1OC[C@@H](O)CN1CCN(CCO)CC1. The van der Waals surface area contributed by atoms with E-state index in [0.717, 1.165) is 39.1 Å². The molecule has 0 amide bonds. The molecule has 0 aromatic heterocycles. The summed E-state index contributed by atoms with van der Waals surface area (Å²) in [7, 11) is 0. The lowest BCUT2D eigenvalue weighted by atomic mass is 10.1. The number of aliphatic hydroxyl groups is 2. The highest BCUT2D eigenvalue weighted by molar-refractivity contribution is 4.77. The molecule has 5 heteroatoms. The molecule has 1 aliphatic heterocycles. The molecule has 3 atom stereocenters. The van der Waals surface area contributed by atoms with E-state index in [1.807, 2.05) is 0 Å². The second-order valence-electron chi connectivity index (χ2n) is 6.30. The van der Waals surface area contributed by atoms with E-state index in [-0.39, 0.29) is 12.7 Å². The minimum Gasteiger partial charge on any atom is -0.395 e. The van der Waals surface area contributed by atoms with Gasteiger partial charge in [-0.1, -0.05) is 13.3 Å². The largest absolute Gasteiger partial charge is 0.395 e. The Labute approximate surface area is 122 Å². The molecule has 5 nitrogen and oxygen atoms in total. The van der Waals surface area contributed by atoms with Crippen molar-refractivity contribution in [1.82, 2.24) is 9.80 Å². The van der Waals surface area contributed by atoms with Gasteiger partial charge in [-0.05, 0) is 18.8 Å². The molecule has 2 N–H and O–H groups in total. The number of aliphatic hydroxyl groups excluding tert-OH is 2. The van der Waals surface area contributed by atoms with Gasteiger partial charge in [0.05, 0.1) is 25.4 Å². The number of hydrogen-bond acceptors (Lipinski definition) is 5. The first kappa shape index (κ1) is 16.2. The summed E-state index contributed by atoms with van der Waals surface area (Å²) in [5.74, 6) is 0.643. The van der Waals surface area contributed by atoms with Crippen molar-refractivity contribution in [3.05, 3.63) is 0 Å². The second kappa shape index (κ2) is 8.29. The van der Waals surface area contributed by atoms with Gasteiger partial charge in [0.2, 0.25) is 0 Å². The first-order chi connectivity index (χ1) is 9.69. The third-order valence-electron chi connectivity index (χ3n) is 4.64. The summed E-state index contributed by atoms with van der Waals surface area (Å²) in [6.45, 7) is 8.30. The Morgan fingerprint density at radius 2 is 1.85 bits per heavy atom. The Kier molecular flexibility index (Phi) is 6.71. The van der Waals surface area contributed by atoms with Crippen LogP contribution in [0.15, 0.2) is 0 Å². The summed E-state index contributed by atoms with van der Waals surface area (Å²) in [4.78, 5) is 4.56. The average molecular weight is 286 g/mol. The van der Waals surface area contributed by atoms with Crippen molar-refractivity contribution < 1.29 is 14.9 Å². The lowest BCUT2D eigenvalue weighted by Gasteiger charge is -2.35. The molecule has 0 radical (unpaired) electrons. The molecular weight excluding hydrogens is 256 g/mol. The number of ether oxygens (including phenoxy) is 1. The lowest BCUT2D eigenvalue weighted by Crippen LogP contribution is -2.49. The van der Waals surface area contributed by atoms with Crippen molar-refractivity contribution in [2.24, 2.45) is 5.92 Å². The fraction of sp³-hybridized carbons (Fsp3) is 1.00. The van der Waals surface area contributed by atoms with E-state index < -0.39 is 0 Å². The summed E-state index contributed by atoms with van der Waals surface area (Å²) in [5, 5.41) is 19.0. The molecule has 0 bridgehead atoms. The van der Waals surface area contributed by atoms with Crippen LogP contribution >= 0.6 is 0 Å². The normalized spacial score (nSPS) is 30.8. The predicted molar refractivity (Wildman–Crippen MR) is 78.7 cm³/mol. The zero-order valence-corrected chi connectivity index (χ0v) is 12.7. The zero-order valence-electron chi connectivity index (χ0n) is 12.7. The molecular formula is C15H30N2O3. The van der Waals surface area contributed by atoms with Crippen molar-refractivity contribution in [3.63, 3.8) is 0 Å². The van der Waals surface area contributed by atoms with Crippen LogP contribution in [0.5, 0.6) is 0 Å². The van der Waals surface area contributed by atoms with Crippen molar-refractivity contribution in [2.75, 3.05) is 52.5 Å². The highest BCUT2D eigenvalue weighted by atomic mass is 16.5. The first-order valence-corrected chi connectivity index (χ1v) is 8.04. The molecule has 0 aromatic carbocycles. The zero-order chi connectivity index (χ0) is 14.4. The summed E-state index contributed by atoms with van der Waals surface area (Å²) in [6.07, 6.45) is 3.63. The molecule has 1 heterocycles. The molecule has 0 unspecified atom stereocenters. The first-order valence-electron chi connectivity index (χ1n) is 8.04. The van der Waals surface area contributed by atoms with Crippen molar-refractivity contribution in [1.29, 1.82) is 0 Å². The van der Waals surface area contributed by atoms with Crippen LogP contribution in [-0.4, -0.2) is 84.7 Å². The number of piperazine rings is 1. The minimum atomic E-state index is -0.382. The highest BCUT2D eigenvalue weighted by Crippen LogP contribution is 2.27. The molecule has 118 valence electrons. The van der Waals surface area contributed by atoms with Crippen LogP contribution in [-0.2, 0) is 4.74 Å². The highest BCUT2D eigenvalue weighted by Gasteiger charge is 2.25. The van der Waals surface area contributed by atoms with E-state index in [9.17, 15) is 5.11 Å². The van der Waals surface area contributed by atoms with Gasteiger partial charge in [0, 0.05) is 39.3 Å². The monoisotopic (exact) mass is 286 g/mol. The van der Waals surface area contributed by atoms with E-state index >= 15 is 0 Å². The maximum Gasteiger partial charge on any atom is 0.0900 e. The predicted octanol–water partition coefficient (Wildman–Crippen LogP) is 0.162. The van der Waals surface area contributed by atoms with E-state index in [0.29, 0.717) is 25.2 Å². The van der Waals surface area contributed by atoms with E-state index in [1.165, 1.54) is 12.8 Å². The second-order valence-corrected chi connectivity index (χ2v) is 6.30. The summed E-state index contributed by atoms with van der Waals surface area (Å²) in [5.41, 5.74) is 0. The molecule has 2 rings (SSSR count). The number of rotatable bonds is 7. The van der Waals surface area contributed by atoms with Crippen LogP contribution in [0.3, 0.4) is 0 Å². The molecule has 2 aliphatic rings. The van der Waals surface area contributed by atoms with Gasteiger partial charge in [-0.15, -0.1) is 0 Å². The van der Waals surface area contributed by atoms with Gasteiger partial charge < -0.3 is 14.9 Å². The van der Waals surface area contributed by atoms with Crippen LogP contribution in [0.25, 0.3) is 0 Å². The topological polar surface area (TPSA) is 56.2 Å². The van der Waals surface area contributed by atoms with Crippen molar-refractivity contribution in [3.8, 4) is 0 Å². The number of nitrogens with zero attached hydrogens (tertiary/aromatic N) is 2. The van der Waals surface area contributed by atoms with E-state index in [4.69, 9.17) is 9.84 Å². The van der Waals surface area contributed by atoms with Crippen LogP contribution < -0.4 is 0 Å². The van der Waals surface area contributed by atoms with Gasteiger partial charge in [0.25, 0.3) is 0 Å². The molecule has 1 aliphatic carbocycles. The van der Waals surface area contributed by atoms with Gasteiger partial charge in [0.15, 0.2) is 0 Å². The maximum absolute atomic E-state index is 10.1. The molecule has 0 spiro atoms. The smallest absolute Gasteiger partial charge is 0.0900 e. The van der Waals surface area contributed by atoms with Gasteiger partial charge >= 0.3 is 0 Å². The Morgan fingerprint density at radius 1 is 1.15 bits per heavy atom. The molecule has 1 saturated heterocycles. The third-order valence-corrected chi connectivity index (χ3v) is 4.64.